The number of ketones is 1. The first-order valence-corrected chi connectivity index (χ1v) is 8.93. The molecule has 1 N–H and O–H groups in total. The summed E-state index contributed by atoms with van der Waals surface area (Å²) in [5, 5.41) is 3.06. The average molecular weight is 387 g/mol. The highest BCUT2D eigenvalue weighted by molar-refractivity contribution is 6.42. The topological polar surface area (TPSA) is 82.6 Å². The van der Waals surface area contributed by atoms with Gasteiger partial charge in [0.2, 0.25) is 5.91 Å². The number of hydrogen-bond donors (Lipinski definition) is 1. The van der Waals surface area contributed by atoms with Crippen LogP contribution in [0.4, 0.5) is 5.69 Å². The van der Waals surface area contributed by atoms with Gasteiger partial charge in [-0.05, 0) is 30.3 Å². The Hall–Kier alpha value is -2.93. The Bertz CT molecular complexity index is 836. The Morgan fingerprint density at radius 3 is 2.52 bits per heavy atom. The lowest BCUT2D eigenvalue weighted by Gasteiger charge is -2.36. The zero-order valence-electron chi connectivity index (χ0n) is 14.6. The molecular formula is C19H19ClN4O3. The number of halogens is 1. The van der Waals surface area contributed by atoms with Crippen LogP contribution in [0.15, 0.2) is 48.8 Å². The van der Waals surface area contributed by atoms with E-state index in [9.17, 15) is 14.4 Å². The number of hydrogen-bond acceptors (Lipinski definition) is 5. The van der Waals surface area contributed by atoms with Crippen LogP contribution in [0.3, 0.4) is 0 Å². The van der Waals surface area contributed by atoms with Gasteiger partial charge in [-0.25, -0.2) is 0 Å². The van der Waals surface area contributed by atoms with Crippen molar-refractivity contribution in [1.82, 2.24) is 15.2 Å². The fourth-order valence-corrected chi connectivity index (χ4v) is 3.05. The monoisotopic (exact) mass is 386 g/mol. The minimum Gasteiger partial charge on any atom is -0.368 e. The van der Waals surface area contributed by atoms with Crippen molar-refractivity contribution in [2.75, 3.05) is 37.6 Å². The predicted octanol–water partition coefficient (Wildman–Crippen LogP) is 1.38. The second-order valence-electron chi connectivity index (χ2n) is 6.10. The third kappa shape index (κ3) is 4.83. The summed E-state index contributed by atoms with van der Waals surface area (Å²) in [4.78, 5) is 43.8. The maximum Gasteiger partial charge on any atom is 0.292 e. The van der Waals surface area contributed by atoms with E-state index in [4.69, 9.17) is 11.6 Å². The molecule has 1 aliphatic rings. The first kappa shape index (κ1) is 18.8. The Kier molecular flexibility index (Phi) is 6.03. The highest BCUT2D eigenvalue weighted by atomic mass is 35.5. The van der Waals surface area contributed by atoms with E-state index in [1.54, 1.807) is 11.0 Å². The maximum absolute atomic E-state index is 12.3. The molecule has 1 aliphatic heterocycles. The summed E-state index contributed by atoms with van der Waals surface area (Å²) in [6.07, 6.45) is 2.83. The fraction of sp³-hybridized carbons (Fsp3) is 0.263. The van der Waals surface area contributed by atoms with Gasteiger partial charge in [-0.3, -0.25) is 19.4 Å². The highest BCUT2D eigenvalue weighted by Crippen LogP contribution is 2.20. The number of pyridine rings is 1. The first-order chi connectivity index (χ1) is 13.0. The van der Waals surface area contributed by atoms with Crippen LogP contribution < -0.4 is 10.2 Å². The summed E-state index contributed by atoms with van der Waals surface area (Å²) >= 11 is 6.02. The van der Waals surface area contributed by atoms with Crippen molar-refractivity contribution in [2.24, 2.45) is 0 Å². The second kappa shape index (κ2) is 8.64. The smallest absolute Gasteiger partial charge is 0.292 e. The lowest BCUT2D eigenvalue weighted by Crippen LogP contribution is -2.51. The number of nitrogens with one attached hydrogen (secondary N) is 1. The molecule has 0 bridgehead atoms. The number of amides is 2. The SMILES string of the molecule is O=C(NCC(=O)N1CCN(c2cccc(Cl)c2)CC1)C(=O)c1cccnc1. The number of nitrogens with zero attached hydrogens (tertiary/aromatic N) is 3. The molecule has 0 unspecified atom stereocenters. The molecule has 140 valence electrons. The molecule has 1 saturated heterocycles. The molecule has 0 aliphatic carbocycles. The summed E-state index contributed by atoms with van der Waals surface area (Å²) in [7, 11) is 0. The Morgan fingerprint density at radius 2 is 1.85 bits per heavy atom. The predicted molar refractivity (Wildman–Crippen MR) is 102 cm³/mol. The minimum absolute atomic E-state index is 0.192. The molecule has 27 heavy (non-hydrogen) atoms. The van der Waals surface area contributed by atoms with Gasteiger partial charge >= 0.3 is 0 Å². The number of Topliss-reactive ketones (excluding diaryl/α,β-unsaturated/α-hetero) is 1. The lowest BCUT2D eigenvalue weighted by molar-refractivity contribution is -0.132. The summed E-state index contributed by atoms with van der Waals surface area (Å²) in [5.41, 5.74) is 1.21. The van der Waals surface area contributed by atoms with Crippen LogP contribution in [-0.2, 0) is 9.59 Å². The molecule has 0 atom stereocenters. The van der Waals surface area contributed by atoms with Crippen molar-refractivity contribution in [1.29, 1.82) is 0 Å². The highest BCUT2D eigenvalue weighted by Gasteiger charge is 2.23. The van der Waals surface area contributed by atoms with Crippen molar-refractivity contribution in [3.8, 4) is 0 Å². The molecular weight excluding hydrogens is 368 g/mol. The third-order valence-electron chi connectivity index (χ3n) is 4.34. The van der Waals surface area contributed by atoms with E-state index in [0.29, 0.717) is 31.2 Å². The fourth-order valence-electron chi connectivity index (χ4n) is 2.86. The van der Waals surface area contributed by atoms with Gasteiger partial charge in [-0.15, -0.1) is 0 Å². The Morgan fingerprint density at radius 1 is 1.07 bits per heavy atom. The lowest BCUT2D eigenvalue weighted by atomic mass is 10.2. The molecule has 2 heterocycles. The van der Waals surface area contributed by atoms with Crippen LogP contribution in [0.1, 0.15) is 10.4 Å². The Labute approximate surface area is 161 Å². The molecule has 3 rings (SSSR count). The van der Waals surface area contributed by atoms with E-state index in [0.717, 1.165) is 5.69 Å². The zero-order valence-corrected chi connectivity index (χ0v) is 15.4. The van der Waals surface area contributed by atoms with Gasteiger partial charge in [0.1, 0.15) is 0 Å². The van der Waals surface area contributed by atoms with Crippen molar-refractivity contribution < 1.29 is 14.4 Å². The number of carbonyl (C=O) groups excluding carboxylic acids is 3. The molecule has 1 aromatic heterocycles. The van der Waals surface area contributed by atoms with Gasteiger partial charge in [-0.1, -0.05) is 17.7 Å². The second-order valence-corrected chi connectivity index (χ2v) is 6.54. The number of anilines is 1. The minimum atomic E-state index is -0.811. The molecule has 1 aromatic carbocycles. The molecule has 0 saturated carbocycles. The first-order valence-electron chi connectivity index (χ1n) is 8.55. The quantitative estimate of drug-likeness (QED) is 0.620. The van der Waals surface area contributed by atoms with Crippen LogP contribution in [0.5, 0.6) is 0 Å². The number of piperazine rings is 1. The molecule has 7 nitrogen and oxygen atoms in total. The molecule has 0 radical (unpaired) electrons. The van der Waals surface area contributed by atoms with Gasteiger partial charge in [0.25, 0.3) is 11.7 Å². The van der Waals surface area contributed by atoms with Crippen LogP contribution in [0, 0.1) is 0 Å². The van der Waals surface area contributed by atoms with Crippen molar-refractivity contribution >= 4 is 34.9 Å². The molecule has 8 heteroatoms. The molecule has 0 spiro atoms. The van der Waals surface area contributed by atoms with Crippen molar-refractivity contribution in [3.05, 3.63) is 59.4 Å². The normalized spacial score (nSPS) is 14.0. The Balaban J connectivity index is 1.47. The number of carbonyl (C=O) groups is 3. The van der Waals surface area contributed by atoms with Crippen LogP contribution >= 0.6 is 11.6 Å². The van der Waals surface area contributed by atoms with Crippen LogP contribution in [0.2, 0.25) is 5.02 Å². The standard InChI is InChI=1S/C19H19ClN4O3/c20-15-4-1-5-16(11-15)23-7-9-24(10-8-23)17(25)13-22-19(27)18(26)14-3-2-6-21-12-14/h1-6,11-12H,7-10,13H2,(H,22,27). The van der Waals surface area contributed by atoms with Gasteiger partial charge in [0, 0.05) is 54.8 Å². The van der Waals surface area contributed by atoms with E-state index in [2.05, 4.69) is 15.2 Å². The van der Waals surface area contributed by atoms with E-state index in [1.165, 1.54) is 18.5 Å². The zero-order chi connectivity index (χ0) is 19.2. The van der Waals surface area contributed by atoms with E-state index >= 15 is 0 Å². The molecule has 1 fully saturated rings. The number of aromatic nitrogens is 1. The summed E-state index contributed by atoms with van der Waals surface area (Å²) < 4.78 is 0. The van der Waals surface area contributed by atoms with Crippen molar-refractivity contribution in [3.63, 3.8) is 0 Å². The third-order valence-corrected chi connectivity index (χ3v) is 4.57. The van der Waals surface area contributed by atoms with E-state index in [-0.39, 0.29) is 18.0 Å². The van der Waals surface area contributed by atoms with Gasteiger partial charge in [0.15, 0.2) is 0 Å². The maximum atomic E-state index is 12.3. The number of rotatable bonds is 5. The molecule has 2 amide bonds. The average Bonchev–Trinajstić information content (AvgIpc) is 2.72. The van der Waals surface area contributed by atoms with Gasteiger partial charge < -0.3 is 15.1 Å². The summed E-state index contributed by atoms with van der Waals surface area (Å²) in [5.74, 6) is -1.73. The van der Waals surface area contributed by atoms with Crippen molar-refractivity contribution in [2.45, 2.75) is 0 Å². The van der Waals surface area contributed by atoms with Gasteiger partial charge in [0.05, 0.1) is 6.54 Å². The largest absolute Gasteiger partial charge is 0.368 e. The van der Waals surface area contributed by atoms with E-state index in [1.807, 2.05) is 24.3 Å². The molecule has 2 aromatic rings. The summed E-state index contributed by atoms with van der Waals surface area (Å²) in [6.45, 7) is 2.22. The number of benzene rings is 1. The van der Waals surface area contributed by atoms with Gasteiger partial charge in [-0.2, -0.15) is 0 Å². The van der Waals surface area contributed by atoms with Crippen LogP contribution in [0.25, 0.3) is 0 Å². The summed E-state index contributed by atoms with van der Waals surface area (Å²) in [6, 6.07) is 10.7. The van der Waals surface area contributed by atoms with Crippen LogP contribution in [-0.4, -0.2) is 60.2 Å². The van der Waals surface area contributed by atoms with E-state index < -0.39 is 11.7 Å².